The Balaban J connectivity index is 1.49. The lowest BCUT2D eigenvalue weighted by molar-refractivity contribution is -0.137. The number of nitrogens with one attached hydrogen (secondary N) is 2. The minimum atomic E-state index is -4.53. The summed E-state index contributed by atoms with van der Waals surface area (Å²) in [6.45, 7) is 0. The minimum absolute atomic E-state index is 0.0366. The fourth-order valence-corrected chi connectivity index (χ4v) is 3.34. The third kappa shape index (κ3) is 5.46. The van der Waals surface area contributed by atoms with Gasteiger partial charge in [0.2, 0.25) is 5.88 Å². The van der Waals surface area contributed by atoms with Gasteiger partial charge in [-0.05, 0) is 36.4 Å². The number of phenols is 1. The van der Waals surface area contributed by atoms with Crippen molar-refractivity contribution < 1.29 is 32.5 Å². The van der Waals surface area contributed by atoms with Crippen molar-refractivity contribution in [2.24, 2.45) is 0 Å². The van der Waals surface area contributed by atoms with E-state index in [9.17, 15) is 23.1 Å². The number of carbonyl (C=O) groups is 1. The molecule has 4 rings (SSSR count). The standard InChI is InChI=1S/C23H16ClF3N4O4/c1-34-20-9-15-18(10-19(20)32)28-11-29-21(15)35-14-5-6-17(16(24)8-14)31-22(33)30-13-4-2-3-12(7-13)23(25,26)27/h2-11,32H,1H3,(H2,30,31,33). The molecule has 35 heavy (non-hydrogen) atoms. The van der Waals surface area contributed by atoms with Crippen LogP contribution < -0.4 is 20.1 Å². The zero-order valence-electron chi connectivity index (χ0n) is 17.9. The van der Waals surface area contributed by atoms with Gasteiger partial charge in [0.1, 0.15) is 12.1 Å². The number of hydrogen-bond acceptors (Lipinski definition) is 6. The van der Waals surface area contributed by atoms with Gasteiger partial charge in [0.05, 0.1) is 34.3 Å². The summed E-state index contributed by atoms with van der Waals surface area (Å²) in [6.07, 6.45) is -3.27. The third-order valence-electron chi connectivity index (χ3n) is 4.75. The molecule has 0 atom stereocenters. The van der Waals surface area contributed by atoms with Gasteiger partial charge in [-0.25, -0.2) is 14.8 Å². The highest BCUT2D eigenvalue weighted by atomic mass is 35.5. The van der Waals surface area contributed by atoms with Gasteiger partial charge in [-0.1, -0.05) is 17.7 Å². The molecule has 2 amide bonds. The predicted molar refractivity (Wildman–Crippen MR) is 123 cm³/mol. The Labute approximate surface area is 201 Å². The van der Waals surface area contributed by atoms with Crippen molar-refractivity contribution >= 4 is 39.9 Å². The first-order valence-corrected chi connectivity index (χ1v) is 10.3. The number of rotatable bonds is 5. The van der Waals surface area contributed by atoms with Crippen LogP contribution in [-0.2, 0) is 6.18 Å². The molecule has 8 nitrogen and oxygen atoms in total. The Kier molecular flexibility index (Phi) is 6.52. The summed E-state index contributed by atoms with van der Waals surface area (Å²) in [6, 6.07) is 10.8. The second kappa shape index (κ2) is 9.55. The van der Waals surface area contributed by atoms with Crippen LogP contribution in [0.15, 0.2) is 60.9 Å². The van der Waals surface area contributed by atoms with E-state index in [2.05, 4.69) is 20.6 Å². The van der Waals surface area contributed by atoms with Crippen LogP contribution in [0.3, 0.4) is 0 Å². The van der Waals surface area contributed by atoms with Crippen molar-refractivity contribution in [3.63, 3.8) is 0 Å². The maximum Gasteiger partial charge on any atom is 0.416 e. The van der Waals surface area contributed by atoms with Crippen molar-refractivity contribution in [1.82, 2.24) is 9.97 Å². The van der Waals surface area contributed by atoms with E-state index < -0.39 is 17.8 Å². The third-order valence-corrected chi connectivity index (χ3v) is 5.06. The summed E-state index contributed by atoms with van der Waals surface area (Å²) in [5.41, 5.74) is -0.308. The van der Waals surface area contributed by atoms with Crippen molar-refractivity contribution in [3.05, 3.63) is 71.5 Å². The first kappa shape index (κ1) is 23.9. The molecule has 0 aliphatic heterocycles. The summed E-state index contributed by atoms with van der Waals surface area (Å²) in [5.74, 6) is 0.575. The zero-order valence-corrected chi connectivity index (χ0v) is 18.6. The van der Waals surface area contributed by atoms with Crippen molar-refractivity contribution in [2.75, 3.05) is 17.7 Å². The van der Waals surface area contributed by atoms with Gasteiger partial charge in [-0.2, -0.15) is 13.2 Å². The maximum atomic E-state index is 12.9. The molecule has 1 aromatic heterocycles. The summed E-state index contributed by atoms with van der Waals surface area (Å²) in [5, 5.41) is 15.3. The van der Waals surface area contributed by atoms with Crippen LogP contribution in [0.5, 0.6) is 23.1 Å². The number of benzene rings is 3. The van der Waals surface area contributed by atoms with Crippen LogP contribution >= 0.6 is 11.6 Å². The number of hydrogen-bond donors (Lipinski definition) is 3. The molecular formula is C23H16ClF3N4O4. The SMILES string of the molecule is COc1cc2c(Oc3ccc(NC(=O)Nc4cccc(C(F)(F)F)c4)c(Cl)c3)ncnc2cc1O. The second-order valence-electron chi connectivity index (χ2n) is 7.12. The van der Waals surface area contributed by atoms with Crippen molar-refractivity contribution in [1.29, 1.82) is 0 Å². The number of aromatic hydroxyl groups is 1. The van der Waals surface area contributed by atoms with Crippen LogP contribution in [0.2, 0.25) is 5.02 Å². The molecule has 0 unspecified atom stereocenters. The molecule has 0 spiro atoms. The summed E-state index contributed by atoms with van der Waals surface area (Å²) in [7, 11) is 1.40. The van der Waals surface area contributed by atoms with Gasteiger partial charge in [0.15, 0.2) is 11.5 Å². The van der Waals surface area contributed by atoms with E-state index in [1.54, 1.807) is 0 Å². The Bertz CT molecular complexity index is 1420. The van der Waals surface area contributed by atoms with Gasteiger partial charge >= 0.3 is 12.2 Å². The van der Waals surface area contributed by atoms with Gasteiger partial charge in [-0.3, -0.25) is 0 Å². The number of fused-ring (bicyclic) bond motifs is 1. The van der Waals surface area contributed by atoms with Crippen LogP contribution in [0.4, 0.5) is 29.3 Å². The number of aromatic nitrogens is 2. The average Bonchev–Trinajstić information content (AvgIpc) is 2.80. The Morgan fingerprint density at radius 3 is 2.57 bits per heavy atom. The molecule has 1 heterocycles. The van der Waals surface area contributed by atoms with Crippen molar-refractivity contribution in [3.8, 4) is 23.1 Å². The smallest absolute Gasteiger partial charge is 0.416 e. The van der Waals surface area contributed by atoms with Gasteiger partial charge in [0.25, 0.3) is 0 Å². The fraction of sp³-hybridized carbons (Fsp3) is 0.0870. The van der Waals surface area contributed by atoms with Crippen LogP contribution in [0, 0.1) is 0 Å². The zero-order chi connectivity index (χ0) is 25.2. The highest BCUT2D eigenvalue weighted by Gasteiger charge is 2.30. The van der Waals surface area contributed by atoms with Gasteiger partial charge in [0, 0.05) is 17.8 Å². The van der Waals surface area contributed by atoms with Gasteiger partial charge in [-0.15, -0.1) is 0 Å². The molecule has 12 heteroatoms. The largest absolute Gasteiger partial charge is 0.504 e. The number of urea groups is 1. The minimum Gasteiger partial charge on any atom is -0.504 e. The average molecular weight is 505 g/mol. The summed E-state index contributed by atoms with van der Waals surface area (Å²) >= 11 is 6.26. The highest BCUT2D eigenvalue weighted by Crippen LogP contribution is 2.36. The van der Waals surface area contributed by atoms with E-state index in [0.29, 0.717) is 10.9 Å². The quantitative estimate of drug-likeness (QED) is 0.288. The van der Waals surface area contributed by atoms with E-state index in [0.717, 1.165) is 12.1 Å². The monoisotopic (exact) mass is 504 g/mol. The number of methoxy groups -OCH3 is 1. The van der Waals surface area contributed by atoms with Crippen LogP contribution in [0.25, 0.3) is 10.9 Å². The topological polar surface area (TPSA) is 106 Å². The van der Waals surface area contributed by atoms with E-state index in [1.165, 1.54) is 55.9 Å². The number of halogens is 4. The molecular weight excluding hydrogens is 489 g/mol. The number of alkyl halides is 3. The molecule has 0 radical (unpaired) electrons. The Hall–Kier alpha value is -4.25. The second-order valence-corrected chi connectivity index (χ2v) is 7.53. The molecule has 3 N–H and O–H groups in total. The summed E-state index contributed by atoms with van der Waals surface area (Å²) < 4.78 is 49.5. The molecule has 0 saturated carbocycles. The first-order valence-electron chi connectivity index (χ1n) is 9.88. The lowest BCUT2D eigenvalue weighted by Gasteiger charge is -2.13. The Morgan fingerprint density at radius 1 is 1.06 bits per heavy atom. The first-order chi connectivity index (χ1) is 16.6. The van der Waals surface area contributed by atoms with Crippen LogP contribution in [0.1, 0.15) is 5.56 Å². The number of phenolic OH excluding ortho intramolecular Hbond substituents is 1. The van der Waals surface area contributed by atoms with Crippen LogP contribution in [-0.4, -0.2) is 28.2 Å². The molecule has 180 valence electrons. The van der Waals surface area contributed by atoms with E-state index in [1.807, 2.05) is 0 Å². The number of nitrogens with zero attached hydrogens (tertiary/aromatic N) is 2. The van der Waals surface area contributed by atoms with E-state index in [4.69, 9.17) is 21.1 Å². The maximum absolute atomic E-state index is 12.9. The Morgan fingerprint density at radius 2 is 1.86 bits per heavy atom. The fourth-order valence-electron chi connectivity index (χ4n) is 3.12. The predicted octanol–water partition coefficient (Wildman–Crippen LogP) is 6.45. The van der Waals surface area contributed by atoms with E-state index >= 15 is 0 Å². The lowest BCUT2D eigenvalue weighted by atomic mass is 10.2. The molecule has 0 aliphatic rings. The number of amides is 2. The van der Waals surface area contributed by atoms with E-state index in [-0.39, 0.29) is 39.5 Å². The lowest BCUT2D eigenvalue weighted by Crippen LogP contribution is -2.20. The normalized spacial score (nSPS) is 11.2. The van der Waals surface area contributed by atoms with Gasteiger partial charge < -0.3 is 25.2 Å². The number of carbonyl (C=O) groups excluding carboxylic acids is 1. The number of anilines is 2. The molecule has 0 aliphatic carbocycles. The molecule has 3 aromatic carbocycles. The molecule has 0 fully saturated rings. The molecule has 4 aromatic rings. The molecule has 0 saturated heterocycles. The number of ether oxygens (including phenoxy) is 2. The summed E-state index contributed by atoms with van der Waals surface area (Å²) in [4.78, 5) is 20.5. The molecule has 0 bridgehead atoms. The highest BCUT2D eigenvalue weighted by molar-refractivity contribution is 6.34. The van der Waals surface area contributed by atoms with Crippen molar-refractivity contribution in [2.45, 2.75) is 6.18 Å².